The maximum Gasteiger partial charge on any atom is 0.136 e. The van der Waals surface area contributed by atoms with Gasteiger partial charge in [0, 0.05) is 11.7 Å². The Bertz CT molecular complexity index is 517. The number of pyridine rings is 1. The minimum atomic E-state index is 0.158. The molecule has 2 rings (SSSR count). The molecule has 0 spiro atoms. The number of nitrogens with one attached hydrogen (secondary N) is 1. The Kier molecular flexibility index (Phi) is 4.33. The number of nitrogens with two attached hydrogens (primary N) is 1. The highest BCUT2D eigenvalue weighted by Crippen LogP contribution is 2.28. The summed E-state index contributed by atoms with van der Waals surface area (Å²) < 4.78 is 0. The van der Waals surface area contributed by atoms with E-state index in [1.165, 1.54) is 24.1 Å². The summed E-state index contributed by atoms with van der Waals surface area (Å²) in [5.41, 5.74) is 9.45. The number of hydrogen-bond donors (Lipinski definition) is 2. The van der Waals surface area contributed by atoms with E-state index < -0.39 is 0 Å². The maximum atomic E-state index is 5.88. The zero-order valence-electron chi connectivity index (χ0n) is 12.9. The molecule has 0 amide bonds. The van der Waals surface area contributed by atoms with E-state index in [0.717, 1.165) is 24.2 Å². The highest BCUT2D eigenvalue weighted by Gasteiger charge is 2.23. The topological polar surface area (TPSA) is 50.9 Å². The van der Waals surface area contributed by atoms with E-state index in [-0.39, 0.29) is 5.41 Å². The van der Waals surface area contributed by atoms with Gasteiger partial charge in [0.2, 0.25) is 0 Å². The summed E-state index contributed by atoms with van der Waals surface area (Å²) in [5.74, 6) is 0.848. The van der Waals surface area contributed by atoms with E-state index in [1.807, 2.05) is 0 Å². The van der Waals surface area contributed by atoms with Gasteiger partial charge in [-0.15, -0.1) is 0 Å². The molecule has 3 N–H and O–H groups in total. The summed E-state index contributed by atoms with van der Waals surface area (Å²) in [6, 6.07) is 2.44. The Labute approximate surface area is 127 Å². The van der Waals surface area contributed by atoms with Gasteiger partial charge in [-0.1, -0.05) is 33.0 Å². The second-order valence-corrected chi connectivity index (χ2v) is 7.23. The fourth-order valence-corrected chi connectivity index (χ4v) is 2.51. The Balaban J connectivity index is 2.37. The first-order valence-electron chi connectivity index (χ1n) is 7.38. The zero-order valence-corrected chi connectivity index (χ0v) is 13.7. The van der Waals surface area contributed by atoms with Crippen molar-refractivity contribution in [3.8, 4) is 0 Å². The maximum absolute atomic E-state index is 5.88. The van der Waals surface area contributed by atoms with E-state index >= 15 is 0 Å². The highest BCUT2D eigenvalue weighted by atomic mass is 32.1. The lowest BCUT2D eigenvalue weighted by atomic mass is 9.88. The van der Waals surface area contributed by atoms with Crippen LogP contribution >= 0.6 is 12.2 Å². The molecule has 0 aromatic carbocycles. The molecular weight excluding hydrogens is 266 g/mol. The van der Waals surface area contributed by atoms with Crippen LogP contribution in [0.4, 0.5) is 5.82 Å². The molecule has 20 heavy (non-hydrogen) atoms. The van der Waals surface area contributed by atoms with Gasteiger partial charge in [0.25, 0.3) is 0 Å². The molecule has 1 aliphatic rings. The van der Waals surface area contributed by atoms with E-state index in [2.05, 4.69) is 39.1 Å². The molecule has 0 saturated carbocycles. The fraction of sp³-hybridized carbons (Fsp3) is 0.625. The van der Waals surface area contributed by atoms with Crippen LogP contribution in [0.3, 0.4) is 0 Å². The first-order valence-corrected chi connectivity index (χ1v) is 7.79. The lowest BCUT2D eigenvalue weighted by molar-refractivity contribution is 0.358. The molecule has 1 aliphatic carbocycles. The van der Waals surface area contributed by atoms with Crippen molar-refractivity contribution in [2.75, 3.05) is 5.32 Å². The SMILES string of the molecule is CC(Nc1nc2c(cc1C(N)=S)CCCC2)C(C)(C)C. The Morgan fingerprint density at radius 2 is 2.00 bits per heavy atom. The van der Waals surface area contributed by atoms with E-state index in [0.29, 0.717) is 11.0 Å². The van der Waals surface area contributed by atoms with Crippen LogP contribution in [0.25, 0.3) is 0 Å². The van der Waals surface area contributed by atoms with E-state index in [1.54, 1.807) is 0 Å². The van der Waals surface area contributed by atoms with Crippen molar-refractivity contribution >= 4 is 23.0 Å². The van der Waals surface area contributed by atoms with Gasteiger partial charge >= 0.3 is 0 Å². The van der Waals surface area contributed by atoms with Gasteiger partial charge in [0.15, 0.2) is 0 Å². The largest absolute Gasteiger partial charge is 0.389 e. The van der Waals surface area contributed by atoms with Crippen LogP contribution < -0.4 is 11.1 Å². The van der Waals surface area contributed by atoms with Gasteiger partial charge < -0.3 is 11.1 Å². The molecule has 1 atom stereocenters. The summed E-state index contributed by atoms with van der Waals surface area (Å²) in [7, 11) is 0. The van der Waals surface area contributed by atoms with Crippen molar-refractivity contribution in [2.45, 2.75) is 59.4 Å². The molecule has 1 aromatic rings. The van der Waals surface area contributed by atoms with Crippen molar-refractivity contribution in [3.05, 3.63) is 22.9 Å². The first kappa shape index (κ1) is 15.2. The fourth-order valence-electron chi connectivity index (χ4n) is 2.35. The quantitative estimate of drug-likeness (QED) is 0.838. The summed E-state index contributed by atoms with van der Waals surface area (Å²) in [4.78, 5) is 5.23. The molecule has 0 saturated heterocycles. The van der Waals surface area contributed by atoms with Gasteiger partial charge in [-0.2, -0.15) is 0 Å². The van der Waals surface area contributed by atoms with Crippen LogP contribution in [-0.4, -0.2) is 16.0 Å². The van der Waals surface area contributed by atoms with Crippen molar-refractivity contribution < 1.29 is 0 Å². The average molecular weight is 291 g/mol. The minimum Gasteiger partial charge on any atom is -0.389 e. The van der Waals surface area contributed by atoms with Gasteiger partial charge in [0.05, 0.1) is 5.56 Å². The van der Waals surface area contributed by atoms with Crippen LogP contribution in [-0.2, 0) is 12.8 Å². The third-order valence-electron chi connectivity index (χ3n) is 4.22. The monoisotopic (exact) mass is 291 g/mol. The number of aromatic nitrogens is 1. The number of aryl methyl sites for hydroxylation is 2. The second-order valence-electron chi connectivity index (χ2n) is 6.79. The Morgan fingerprint density at radius 3 is 2.60 bits per heavy atom. The number of thiocarbonyl (C=S) groups is 1. The van der Waals surface area contributed by atoms with Crippen molar-refractivity contribution in [3.63, 3.8) is 0 Å². The number of hydrogen-bond acceptors (Lipinski definition) is 3. The Hall–Kier alpha value is -1.16. The number of fused-ring (bicyclic) bond motifs is 1. The van der Waals surface area contributed by atoms with E-state index in [9.17, 15) is 0 Å². The molecule has 1 unspecified atom stereocenters. The van der Waals surface area contributed by atoms with Gasteiger partial charge in [-0.3, -0.25) is 0 Å². The molecule has 110 valence electrons. The van der Waals surface area contributed by atoms with E-state index in [4.69, 9.17) is 22.9 Å². The predicted octanol–water partition coefficient (Wildman–Crippen LogP) is 3.44. The summed E-state index contributed by atoms with van der Waals surface area (Å²) in [5, 5.41) is 3.50. The third-order valence-corrected chi connectivity index (χ3v) is 4.44. The van der Waals surface area contributed by atoms with Gasteiger partial charge in [-0.25, -0.2) is 4.98 Å². The van der Waals surface area contributed by atoms with Crippen LogP contribution in [0.2, 0.25) is 0 Å². The van der Waals surface area contributed by atoms with Crippen LogP contribution in [0.5, 0.6) is 0 Å². The molecule has 4 heteroatoms. The average Bonchev–Trinajstić information content (AvgIpc) is 2.36. The smallest absolute Gasteiger partial charge is 0.136 e. The molecule has 0 radical (unpaired) electrons. The van der Waals surface area contributed by atoms with Crippen LogP contribution in [0, 0.1) is 5.41 Å². The number of nitrogens with zero attached hydrogens (tertiary/aromatic N) is 1. The third kappa shape index (κ3) is 3.29. The molecule has 1 heterocycles. The van der Waals surface area contributed by atoms with Crippen molar-refractivity contribution in [1.82, 2.24) is 4.98 Å². The van der Waals surface area contributed by atoms with Crippen molar-refractivity contribution in [2.24, 2.45) is 11.1 Å². The normalized spacial score (nSPS) is 16.4. The highest BCUT2D eigenvalue weighted by molar-refractivity contribution is 7.80. The summed E-state index contributed by atoms with van der Waals surface area (Å²) >= 11 is 5.20. The summed E-state index contributed by atoms with van der Waals surface area (Å²) in [6.07, 6.45) is 4.61. The Morgan fingerprint density at radius 1 is 1.35 bits per heavy atom. The second kappa shape index (κ2) is 5.68. The molecule has 0 bridgehead atoms. The van der Waals surface area contributed by atoms with Crippen molar-refractivity contribution in [1.29, 1.82) is 0 Å². The van der Waals surface area contributed by atoms with Gasteiger partial charge in [0.1, 0.15) is 10.8 Å². The number of rotatable bonds is 3. The van der Waals surface area contributed by atoms with Crippen LogP contribution in [0.15, 0.2) is 6.07 Å². The van der Waals surface area contributed by atoms with Gasteiger partial charge in [-0.05, 0) is 49.7 Å². The lowest BCUT2D eigenvalue weighted by Gasteiger charge is -2.30. The minimum absolute atomic E-state index is 0.158. The molecule has 0 aliphatic heterocycles. The molecular formula is C16H25N3S. The van der Waals surface area contributed by atoms with Crippen LogP contribution in [0.1, 0.15) is 57.4 Å². The lowest BCUT2D eigenvalue weighted by Crippen LogP contribution is -2.32. The molecule has 3 nitrogen and oxygen atoms in total. The molecule has 1 aromatic heterocycles. The molecule has 0 fully saturated rings. The first-order chi connectivity index (χ1) is 9.29. The number of anilines is 1. The summed E-state index contributed by atoms with van der Waals surface area (Å²) in [6.45, 7) is 8.81. The standard InChI is InChI=1S/C16H25N3S/c1-10(16(2,3)4)18-15-12(14(17)20)9-11-7-5-6-8-13(11)19-15/h9-10H,5-8H2,1-4H3,(H2,17,20)(H,18,19). The predicted molar refractivity (Wildman–Crippen MR) is 89.3 cm³/mol. The zero-order chi connectivity index (χ0) is 14.9.